The number of methoxy groups -OCH3 is 1. The Bertz CT molecular complexity index is 1170. The van der Waals surface area contributed by atoms with Gasteiger partial charge in [0, 0.05) is 5.56 Å². The van der Waals surface area contributed by atoms with Gasteiger partial charge in [0.25, 0.3) is 5.91 Å². The molecule has 0 bridgehead atoms. The molecule has 0 unspecified atom stereocenters. The highest BCUT2D eigenvalue weighted by atomic mass is 35.5. The number of benzene rings is 3. The van der Waals surface area contributed by atoms with E-state index in [0.717, 1.165) is 11.3 Å². The van der Waals surface area contributed by atoms with Crippen LogP contribution in [0.4, 0.5) is 5.69 Å². The topological polar surface area (TPSA) is 51.1 Å². The Morgan fingerprint density at radius 2 is 1.77 bits per heavy atom. The van der Waals surface area contributed by atoms with Gasteiger partial charge in [-0.3, -0.25) is 9.69 Å². The number of amides is 1. The minimum absolute atomic E-state index is 0.234. The molecule has 3 aromatic rings. The minimum atomic E-state index is -0.234. The molecule has 0 aromatic heterocycles. The number of amidine groups is 1. The number of ether oxygens (including phenoxy) is 2. The molecule has 4 rings (SSSR count). The van der Waals surface area contributed by atoms with E-state index in [2.05, 4.69) is 4.99 Å². The van der Waals surface area contributed by atoms with Gasteiger partial charge in [-0.2, -0.15) is 0 Å². The average molecular weight is 433 g/mol. The minimum Gasteiger partial charge on any atom is -0.497 e. The molecular formula is C25H21ClN2O3. The SMILES string of the molecule is CCOc1ccc(N2C(=O)/C(=C\c3cccc(OC)c3)N=C2c2ccccc2Cl)cc1. The van der Waals surface area contributed by atoms with Gasteiger partial charge in [0.1, 0.15) is 23.0 Å². The lowest BCUT2D eigenvalue weighted by molar-refractivity contribution is -0.113. The number of hydrogen-bond donors (Lipinski definition) is 0. The standard InChI is InChI=1S/C25H21ClN2O3/c1-3-31-19-13-11-18(12-14-19)28-24(21-9-4-5-10-22(21)26)27-23(25(28)29)16-17-7-6-8-20(15-17)30-2/h4-16H,3H2,1-2H3/b23-16+. The zero-order chi connectivity index (χ0) is 21.8. The zero-order valence-corrected chi connectivity index (χ0v) is 18.0. The van der Waals surface area contributed by atoms with Crippen LogP contribution in [0.15, 0.2) is 83.5 Å². The van der Waals surface area contributed by atoms with Gasteiger partial charge in [-0.1, -0.05) is 35.9 Å². The molecule has 156 valence electrons. The van der Waals surface area contributed by atoms with Crippen LogP contribution in [0.5, 0.6) is 11.5 Å². The molecule has 0 saturated carbocycles. The first-order valence-electron chi connectivity index (χ1n) is 9.87. The van der Waals surface area contributed by atoms with Crippen LogP contribution in [0.2, 0.25) is 5.02 Å². The number of halogens is 1. The van der Waals surface area contributed by atoms with Gasteiger partial charge in [0.2, 0.25) is 0 Å². The first-order valence-corrected chi connectivity index (χ1v) is 10.2. The van der Waals surface area contributed by atoms with Crippen molar-refractivity contribution in [2.45, 2.75) is 6.92 Å². The van der Waals surface area contributed by atoms with Gasteiger partial charge in [-0.25, -0.2) is 4.99 Å². The molecule has 31 heavy (non-hydrogen) atoms. The predicted octanol–water partition coefficient (Wildman–Crippen LogP) is 5.58. The van der Waals surface area contributed by atoms with Crippen LogP contribution in [0, 0.1) is 0 Å². The van der Waals surface area contributed by atoms with Gasteiger partial charge >= 0.3 is 0 Å². The molecule has 6 heteroatoms. The number of carbonyl (C=O) groups excluding carboxylic acids is 1. The summed E-state index contributed by atoms with van der Waals surface area (Å²) in [6, 6.07) is 22.2. The van der Waals surface area contributed by atoms with Gasteiger partial charge < -0.3 is 9.47 Å². The number of rotatable bonds is 6. The van der Waals surface area contributed by atoms with Crippen molar-refractivity contribution >= 4 is 35.1 Å². The van der Waals surface area contributed by atoms with Gasteiger partial charge in [0.15, 0.2) is 0 Å². The molecule has 0 fully saturated rings. The second kappa shape index (κ2) is 9.06. The van der Waals surface area contributed by atoms with Crippen molar-refractivity contribution in [2.24, 2.45) is 4.99 Å². The number of nitrogens with zero attached hydrogens (tertiary/aromatic N) is 2. The van der Waals surface area contributed by atoms with E-state index in [-0.39, 0.29) is 5.91 Å². The van der Waals surface area contributed by atoms with Crippen LogP contribution in [0.3, 0.4) is 0 Å². The molecule has 0 radical (unpaired) electrons. The average Bonchev–Trinajstić information content (AvgIpc) is 3.10. The number of aliphatic imine (C=N–C) groups is 1. The number of carbonyl (C=O) groups is 1. The lowest BCUT2D eigenvalue weighted by Gasteiger charge is -2.19. The van der Waals surface area contributed by atoms with E-state index < -0.39 is 0 Å². The highest BCUT2D eigenvalue weighted by Crippen LogP contribution is 2.31. The smallest absolute Gasteiger partial charge is 0.282 e. The lowest BCUT2D eigenvalue weighted by Crippen LogP contribution is -2.32. The third-order valence-corrected chi connectivity index (χ3v) is 5.11. The fraction of sp³-hybridized carbons (Fsp3) is 0.120. The fourth-order valence-electron chi connectivity index (χ4n) is 3.33. The van der Waals surface area contributed by atoms with Gasteiger partial charge in [0.05, 0.1) is 24.4 Å². The first-order chi connectivity index (χ1) is 15.1. The molecule has 0 spiro atoms. The number of anilines is 1. The Labute approximate surface area is 186 Å². The van der Waals surface area contributed by atoms with E-state index in [9.17, 15) is 4.79 Å². The second-order valence-electron chi connectivity index (χ2n) is 6.79. The van der Waals surface area contributed by atoms with E-state index in [4.69, 9.17) is 21.1 Å². The Hall–Kier alpha value is -3.57. The van der Waals surface area contributed by atoms with Crippen molar-refractivity contribution in [2.75, 3.05) is 18.6 Å². The summed E-state index contributed by atoms with van der Waals surface area (Å²) in [7, 11) is 1.61. The molecule has 1 amide bonds. The summed E-state index contributed by atoms with van der Waals surface area (Å²) in [6.45, 7) is 2.50. The van der Waals surface area contributed by atoms with Crippen LogP contribution >= 0.6 is 11.6 Å². The summed E-state index contributed by atoms with van der Waals surface area (Å²) in [4.78, 5) is 19.6. The van der Waals surface area contributed by atoms with Crippen LogP contribution in [0.25, 0.3) is 6.08 Å². The normalized spacial score (nSPS) is 14.7. The first kappa shape index (κ1) is 20.7. The third kappa shape index (κ3) is 4.32. The molecular weight excluding hydrogens is 412 g/mol. The summed E-state index contributed by atoms with van der Waals surface area (Å²) < 4.78 is 10.8. The van der Waals surface area contributed by atoms with E-state index in [1.807, 2.05) is 73.7 Å². The maximum atomic E-state index is 13.4. The van der Waals surface area contributed by atoms with Gasteiger partial charge in [-0.15, -0.1) is 0 Å². The summed E-state index contributed by atoms with van der Waals surface area (Å²) in [6.07, 6.45) is 1.75. The molecule has 3 aromatic carbocycles. The maximum absolute atomic E-state index is 13.4. The largest absolute Gasteiger partial charge is 0.497 e. The van der Waals surface area contributed by atoms with Crippen LogP contribution in [-0.4, -0.2) is 25.5 Å². The highest BCUT2D eigenvalue weighted by Gasteiger charge is 2.33. The summed E-state index contributed by atoms with van der Waals surface area (Å²) in [5.74, 6) is 1.69. The molecule has 1 aliphatic heterocycles. The Morgan fingerprint density at radius 1 is 1.00 bits per heavy atom. The third-order valence-electron chi connectivity index (χ3n) is 4.78. The monoisotopic (exact) mass is 432 g/mol. The Kier molecular flexibility index (Phi) is 6.05. The molecule has 0 atom stereocenters. The molecule has 1 aliphatic rings. The van der Waals surface area contributed by atoms with Crippen molar-refractivity contribution in [3.8, 4) is 11.5 Å². The highest BCUT2D eigenvalue weighted by molar-refractivity contribution is 6.39. The summed E-state index contributed by atoms with van der Waals surface area (Å²) in [5.41, 5.74) is 2.50. The summed E-state index contributed by atoms with van der Waals surface area (Å²) in [5, 5.41) is 0.521. The van der Waals surface area contributed by atoms with E-state index in [0.29, 0.717) is 40.2 Å². The maximum Gasteiger partial charge on any atom is 0.282 e. The molecule has 1 heterocycles. The van der Waals surface area contributed by atoms with Crippen LogP contribution in [-0.2, 0) is 4.79 Å². The van der Waals surface area contributed by atoms with Crippen molar-refractivity contribution in [1.29, 1.82) is 0 Å². The number of hydrogen-bond acceptors (Lipinski definition) is 4. The quantitative estimate of drug-likeness (QED) is 0.477. The molecule has 0 N–H and O–H groups in total. The Balaban J connectivity index is 1.79. The second-order valence-corrected chi connectivity index (χ2v) is 7.20. The van der Waals surface area contributed by atoms with E-state index in [1.165, 1.54) is 0 Å². The van der Waals surface area contributed by atoms with Crippen molar-refractivity contribution < 1.29 is 14.3 Å². The molecule has 5 nitrogen and oxygen atoms in total. The lowest BCUT2D eigenvalue weighted by atomic mass is 10.1. The van der Waals surface area contributed by atoms with E-state index >= 15 is 0 Å². The van der Waals surface area contributed by atoms with Gasteiger partial charge in [-0.05, 0) is 67.1 Å². The van der Waals surface area contributed by atoms with Crippen molar-refractivity contribution in [3.63, 3.8) is 0 Å². The molecule has 0 saturated heterocycles. The zero-order valence-electron chi connectivity index (χ0n) is 17.2. The van der Waals surface area contributed by atoms with Crippen LogP contribution in [0.1, 0.15) is 18.1 Å². The fourth-order valence-corrected chi connectivity index (χ4v) is 3.55. The van der Waals surface area contributed by atoms with Crippen LogP contribution < -0.4 is 14.4 Å². The summed E-state index contributed by atoms with van der Waals surface area (Å²) >= 11 is 6.44. The predicted molar refractivity (Wildman–Crippen MR) is 124 cm³/mol. The van der Waals surface area contributed by atoms with E-state index in [1.54, 1.807) is 24.2 Å². The van der Waals surface area contributed by atoms with Crippen molar-refractivity contribution in [1.82, 2.24) is 0 Å². The molecule has 0 aliphatic carbocycles. The van der Waals surface area contributed by atoms with Crippen molar-refractivity contribution in [3.05, 3.63) is 94.6 Å². The Morgan fingerprint density at radius 3 is 2.48 bits per heavy atom.